The molecule has 0 aliphatic heterocycles. The van der Waals surface area contributed by atoms with E-state index in [4.69, 9.17) is 0 Å². The van der Waals surface area contributed by atoms with Crippen LogP contribution in [-0.4, -0.2) is 19.9 Å². The third-order valence-electron chi connectivity index (χ3n) is 3.21. The number of rotatable bonds is 4. The lowest BCUT2D eigenvalue weighted by Gasteiger charge is -2.08. The number of aromatic nitrogens is 4. The number of hydrogen-bond acceptors (Lipinski definition) is 6. The molecule has 0 spiro atoms. The molecule has 3 aromatic rings. The highest BCUT2D eigenvalue weighted by molar-refractivity contribution is 7.11. The van der Waals surface area contributed by atoms with Gasteiger partial charge in [-0.1, -0.05) is 0 Å². The van der Waals surface area contributed by atoms with Gasteiger partial charge < -0.3 is 5.32 Å². The predicted octanol–water partition coefficient (Wildman–Crippen LogP) is 3.53. The van der Waals surface area contributed by atoms with Gasteiger partial charge in [-0.15, -0.1) is 11.3 Å². The first kappa shape index (κ1) is 14.6. The smallest absolute Gasteiger partial charge is 0.163 e. The number of pyridine rings is 1. The largest absolute Gasteiger partial charge is 0.364 e. The number of nitrogens with one attached hydrogen (secondary N) is 1. The van der Waals surface area contributed by atoms with Crippen LogP contribution in [-0.2, 0) is 6.54 Å². The predicted molar refractivity (Wildman–Crippen MR) is 88.9 cm³/mol. The lowest BCUT2D eigenvalue weighted by atomic mass is 10.2. The third-order valence-corrected chi connectivity index (χ3v) is 4.14. The van der Waals surface area contributed by atoms with Crippen LogP contribution in [0.15, 0.2) is 30.6 Å². The SMILES string of the molecule is Cc1cc(NCc2nc(C)sc2C)nc(-c2cccnc2)n1. The van der Waals surface area contributed by atoms with Crippen molar-refractivity contribution in [1.82, 2.24) is 19.9 Å². The van der Waals surface area contributed by atoms with Crippen LogP contribution in [0.1, 0.15) is 21.3 Å². The van der Waals surface area contributed by atoms with Crippen LogP contribution in [0, 0.1) is 20.8 Å². The van der Waals surface area contributed by atoms with Gasteiger partial charge in [-0.2, -0.15) is 0 Å². The van der Waals surface area contributed by atoms with Crippen molar-refractivity contribution in [2.75, 3.05) is 5.32 Å². The van der Waals surface area contributed by atoms with Crippen molar-refractivity contribution < 1.29 is 0 Å². The quantitative estimate of drug-likeness (QED) is 0.798. The molecule has 0 bridgehead atoms. The maximum absolute atomic E-state index is 4.57. The van der Waals surface area contributed by atoms with Gasteiger partial charge in [0, 0.05) is 34.6 Å². The van der Waals surface area contributed by atoms with Crippen LogP contribution >= 0.6 is 11.3 Å². The molecule has 3 rings (SSSR count). The van der Waals surface area contributed by atoms with E-state index in [1.165, 1.54) is 4.88 Å². The van der Waals surface area contributed by atoms with E-state index in [1.807, 2.05) is 32.0 Å². The normalized spacial score (nSPS) is 10.7. The molecule has 0 amide bonds. The molecule has 0 saturated heterocycles. The Balaban J connectivity index is 1.82. The van der Waals surface area contributed by atoms with Crippen molar-refractivity contribution in [3.8, 4) is 11.4 Å². The van der Waals surface area contributed by atoms with E-state index in [1.54, 1.807) is 23.7 Å². The zero-order valence-electron chi connectivity index (χ0n) is 12.8. The summed E-state index contributed by atoms with van der Waals surface area (Å²) < 4.78 is 0. The van der Waals surface area contributed by atoms with Crippen molar-refractivity contribution >= 4 is 17.2 Å². The molecule has 6 heteroatoms. The number of thiazole rings is 1. The van der Waals surface area contributed by atoms with Gasteiger partial charge in [0.05, 0.1) is 17.2 Å². The molecule has 3 heterocycles. The number of hydrogen-bond donors (Lipinski definition) is 1. The summed E-state index contributed by atoms with van der Waals surface area (Å²) in [5, 5.41) is 4.43. The Hall–Kier alpha value is -2.34. The third kappa shape index (κ3) is 3.28. The van der Waals surface area contributed by atoms with Crippen molar-refractivity contribution in [3.05, 3.63) is 51.9 Å². The molecule has 5 nitrogen and oxygen atoms in total. The zero-order chi connectivity index (χ0) is 15.5. The lowest BCUT2D eigenvalue weighted by Crippen LogP contribution is -2.05. The highest BCUT2D eigenvalue weighted by Gasteiger charge is 2.08. The summed E-state index contributed by atoms with van der Waals surface area (Å²) >= 11 is 1.72. The first-order valence-corrected chi connectivity index (χ1v) is 7.86. The second kappa shape index (κ2) is 6.19. The lowest BCUT2D eigenvalue weighted by molar-refractivity contribution is 1.01. The van der Waals surface area contributed by atoms with Gasteiger partial charge >= 0.3 is 0 Å². The minimum absolute atomic E-state index is 0.666. The van der Waals surface area contributed by atoms with E-state index < -0.39 is 0 Å². The summed E-state index contributed by atoms with van der Waals surface area (Å²) in [5.74, 6) is 1.48. The van der Waals surface area contributed by atoms with Gasteiger partial charge in [-0.25, -0.2) is 15.0 Å². The molecular weight excluding hydrogens is 294 g/mol. The monoisotopic (exact) mass is 311 g/mol. The summed E-state index contributed by atoms with van der Waals surface area (Å²) in [5.41, 5.74) is 2.90. The van der Waals surface area contributed by atoms with Gasteiger partial charge in [0.2, 0.25) is 0 Å². The van der Waals surface area contributed by atoms with E-state index >= 15 is 0 Å². The molecule has 0 unspecified atom stereocenters. The van der Waals surface area contributed by atoms with E-state index in [0.717, 1.165) is 27.8 Å². The fourth-order valence-electron chi connectivity index (χ4n) is 2.19. The van der Waals surface area contributed by atoms with E-state index in [9.17, 15) is 0 Å². The highest BCUT2D eigenvalue weighted by Crippen LogP contribution is 2.19. The second-order valence-electron chi connectivity index (χ2n) is 5.05. The standard InChI is InChI=1S/C16H17N5S/c1-10-7-15(18-9-14-11(2)22-12(3)20-14)21-16(19-10)13-5-4-6-17-8-13/h4-8H,9H2,1-3H3,(H,18,19,21). The topological polar surface area (TPSA) is 63.6 Å². The van der Waals surface area contributed by atoms with Crippen LogP contribution in [0.2, 0.25) is 0 Å². The summed E-state index contributed by atoms with van der Waals surface area (Å²) in [7, 11) is 0. The van der Waals surface area contributed by atoms with Crippen molar-refractivity contribution in [2.45, 2.75) is 27.3 Å². The first-order chi connectivity index (χ1) is 10.6. The van der Waals surface area contributed by atoms with E-state index in [2.05, 4.69) is 32.2 Å². The van der Waals surface area contributed by atoms with Gasteiger partial charge in [0.15, 0.2) is 5.82 Å². The Kier molecular flexibility index (Phi) is 4.11. The average molecular weight is 311 g/mol. The molecular formula is C16H17N5S. The summed E-state index contributed by atoms with van der Waals surface area (Å²) in [6.45, 7) is 6.74. The molecule has 0 aliphatic rings. The van der Waals surface area contributed by atoms with Gasteiger partial charge in [-0.05, 0) is 32.9 Å². The number of anilines is 1. The Bertz CT molecular complexity index is 782. The molecule has 22 heavy (non-hydrogen) atoms. The van der Waals surface area contributed by atoms with Gasteiger partial charge in [-0.3, -0.25) is 4.98 Å². The number of nitrogens with zero attached hydrogens (tertiary/aromatic N) is 4. The molecule has 0 aliphatic carbocycles. The Labute approximate surface area is 133 Å². The Morgan fingerprint density at radius 3 is 2.68 bits per heavy atom. The van der Waals surface area contributed by atoms with E-state index in [0.29, 0.717) is 12.4 Å². The summed E-state index contributed by atoms with van der Waals surface area (Å²) in [4.78, 5) is 18.9. The minimum atomic E-state index is 0.666. The zero-order valence-corrected chi connectivity index (χ0v) is 13.6. The Morgan fingerprint density at radius 2 is 2.00 bits per heavy atom. The molecule has 0 radical (unpaired) electrons. The van der Waals surface area contributed by atoms with Crippen LogP contribution in [0.5, 0.6) is 0 Å². The fourth-order valence-corrected chi connectivity index (χ4v) is 3.03. The molecule has 0 saturated carbocycles. The Morgan fingerprint density at radius 1 is 1.14 bits per heavy atom. The van der Waals surface area contributed by atoms with Crippen molar-refractivity contribution in [1.29, 1.82) is 0 Å². The van der Waals surface area contributed by atoms with Crippen LogP contribution in [0.4, 0.5) is 5.82 Å². The molecule has 112 valence electrons. The van der Waals surface area contributed by atoms with Crippen LogP contribution in [0.3, 0.4) is 0 Å². The molecule has 0 aromatic carbocycles. The van der Waals surface area contributed by atoms with Crippen molar-refractivity contribution in [2.24, 2.45) is 0 Å². The second-order valence-corrected chi connectivity index (χ2v) is 6.46. The van der Waals surface area contributed by atoms with Crippen molar-refractivity contribution in [3.63, 3.8) is 0 Å². The van der Waals surface area contributed by atoms with Gasteiger partial charge in [0.1, 0.15) is 5.82 Å². The molecule has 0 atom stereocenters. The summed E-state index contributed by atoms with van der Waals surface area (Å²) in [6, 6.07) is 5.78. The summed E-state index contributed by atoms with van der Waals surface area (Å²) in [6.07, 6.45) is 3.51. The van der Waals surface area contributed by atoms with Crippen LogP contribution < -0.4 is 5.32 Å². The minimum Gasteiger partial charge on any atom is -0.364 e. The number of aryl methyl sites for hydroxylation is 3. The maximum atomic E-state index is 4.57. The molecule has 0 fully saturated rings. The molecule has 3 aromatic heterocycles. The maximum Gasteiger partial charge on any atom is 0.163 e. The molecule has 1 N–H and O–H groups in total. The fraction of sp³-hybridized carbons (Fsp3) is 0.250. The van der Waals surface area contributed by atoms with E-state index in [-0.39, 0.29) is 0 Å². The van der Waals surface area contributed by atoms with Crippen LogP contribution in [0.25, 0.3) is 11.4 Å². The average Bonchev–Trinajstić information content (AvgIpc) is 2.83. The first-order valence-electron chi connectivity index (χ1n) is 7.04. The van der Waals surface area contributed by atoms with Gasteiger partial charge in [0.25, 0.3) is 0 Å². The highest BCUT2D eigenvalue weighted by atomic mass is 32.1.